The number of aliphatic hydroxyl groups excluding tert-OH is 2. The summed E-state index contributed by atoms with van der Waals surface area (Å²) in [6.07, 6.45) is 1.79. The van der Waals surface area contributed by atoms with E-state index < -0.39 is 169 Å². The molecule has 12 amide bonds. The van der Waals surface area contributed by atoms with Crippen molar-refractivity contribution >= 4 is 94.1 Å². The van der Waals surface area contributed by atoms with Gasteiger partial charge < -0.3 is 75.8 Å². The first-order valence-electron chi connectivity index (χ1n) is 44.2. The number of carbonyl (C=O) groups is 12. The lowest BCUT2D eigenvalue weighted by molar-refractivity contribution is -0.157. The van der Waals surface area contributed by atoms with Crippen molar-refractivity contribution in [1.29, 1.82) is 0 Å². The molecule has 1 aliphatic heterocycles. The van der Waals surface area contributed by atoms with Crippen molar-refractivity contribution in [2.75, 3.05) is 81.8 Å². The van der Waals surface area contributed by atoms with Gasteiger partial charge >= 0.3 is 0 Å². The standard InChI is InChI=1S/C95H146N13O15P/c1-25-27-37-65(15)83(110)82-88(115)100-73(26-2)90(117)105(21)78(58-68-44-46-69(47-45-68)85(112)97-50-52-123-51-49-96-79(109)48-53-124(70-38-31-28-32-39-70,71-40-33-29-34-41-71)72-42-35-30-36-43-72)92(119)102(18)75(55-60(5)6)87(114)101-80(63(11)12)94(121)103(19)74(54-59(3)4)86(113)98-66(16)84(111)99-67(17)89(116)104(20)76(56-61(7)8)91(118)106(22)77(57-62(9)10)93(120)107(23)81(64(13)14)95(122)108(82)24/h25,27-36,38-47,59-67,73-78,80-83,86,98,110,113H,26,37,48-58H2,1-24H3,(H4-,96,97,99,100,101,109,111,112,114,115)/p+1/b27-25+/t65-,66+,67-,73+,74+,75+,76+,77+,78?,80+,81+,82+,83-,86?/m1/s1. The molecule has 2 unspecified atom stereocenters. The van der Waals surface area contributed by atoms with E-state index >= 15 is 38.4 Å². The van der Waals surface area contributed by atoms with Crippen molar-refractivity contribution in [2.45, 2.75) is 248 Å². The van der Waals surface area contributed by atoms with Crippen LogP contribution in [0.3, 0.4) is 0 Å². The summed E-state index contributed by atoms with van der Waals surface area (Å²) in [5.41, 5.74) is 0.725. The highest BCUT2D eigenvalue weighted by Gasteiger charge is 2.49. The van der Waals surface area contributed by atoms with E-state index in [0.717, 1.165) is 4.90 Å². The van der Waals surface area contributed by atoms with Crippen LogP contribution < -0.4 is 47.8 Å². The zero-order chi connectivity index (χ0) is 92.9. The second kappa shape index (κ2) is 50.0. The molecule has 0 bridgehead atoms. The number of carbonyl (C=O) groups excluding carboxylic acids is 12. The fourth-order valence-electron chi connectivity index (χ4n) is 16.2. The number of hydrogen-bond acceptors (Lipinski definition) is 16. The van der Waals surface area contributed by atoms with E-state index in [1.165, 1.54) is 108 Å². The minimum Gasteiger partial charge on any atom is -0.390 e. The van der Waals surface area contributed by atoms with Gasteiger partial charge in [-0.2, -0.15) is 0 Å². The zero-order valence-electron chi connectivity index (χ0n) is 78.1. The lowest BCUT2D eigenvalue weighted by Crippen LogP contribution is -2.64. The summed E-state index contributed by atoms with van der Waals surface area (Å²) in [5, 5.41) is 45.5. The summed E-state index contributed by atoms with van der Waals surface area (Å²) in [6, 6.07) is 23.2. The molecular formula is C95H147N13O15P+. The fourth-order valence-corrected chi connectivity index (χ4v) is 20.4. The zero-order valence-corrected chi connectivity index (χ0v) is 79.0. The Labute approximate surface area is 738 Å². The highest BCUT2D eigenvalue weighted by molar-refractivity contribution is 7.95. The highest BCUT2D eigenvalue weighted by atomic mass is 31.2. The van der Waals surface area contributed by atoms with E-state index in [2.05, 4.69) is 68.3 Å². The summed E-state index contributed by atoms with van der Waals surface area (Å²) in [5.74, 6) is -10.3. The maximum absolute atomic E-state index is 15.9. The smallest absolute Gasteiger partial charge is 0.251 e. The molecule has 0 spiro atoms. The van der Waals surface area contributed by atoms with Crippen molar-refractivity contribution < 1.29 is 72.5 Å². The molecule has 0 aliphatic carbocycles. The molecule has 686 valence electrons. The van der Waals surface area contributed by atoms with Crippen LogP contribution >= 0.6 is 7.26 Å². The van der Waals surface area contributed by atoms with Gasteiger partial charge in [0.25, 0.3) is 5.91 Å². The van der Waals surface area contributed by atoms with Crippen molar-refractivity contribution in [1.82, 2.24) is 66.2 Å². The number of nitrogens with one attached hydrogen (secondary N) is 6. The fraction of sp³-hybridized carbons (Fsp3) is 0.600. The first-order valence-corrected chi connectivity index (χ1v) is 46.1. The van der Waals surface area contributed by atoms with Crippen molar-refractivity contribution in [3.05, 3.63) is 139 Å². The van der Waals surface area contributed by atoms with Gasteiger partial charge in [-0.1, -0.05) is 176 Å². The molecule has 0 aromatic heterocycles. The second-order valence-corrected chi connectivity index (χ2v) is 39.5. The van der Waals surface area contributed by atoms with Gasteiger partial charge in [0.2, 0.25) is 65.0 Å². The monoisotopic (exact) mass is 1740 g/mol. The molecule has 1 aliphatic rings. The number of amides is 12. The number of ether oxygens (including phenoxy) is 1. The van der Waals surface area contributed by atoms with Gasteiger partial charge in [0.05, 0.1) is 44.0 Å². The van der Waals surface area contributed by atoms with E-state index in [1.807, 2.05) is 110 Å². The Kier molecular flexibility index (Phi) is 42.4. The Morgan fingerprint density at radius 3 is 1.41 bits per heavy atom. The summed E-state index contributed by atoms with van der Waals surface area (Å²) in [7, 11) is 7.75. The maximum Gasteiger partial charge on any atom is 0.251 e. The van der Waals surface area contributed by atoms with Crippen LogP contribution in [0, 0.1) is 41.4 Å². The molecule has 8 N–H and O–H groups in total. The Bertz CT molecular complexity index is 4060. The van der Waals surface area contributed by atoms with Gasteiger partial charge in [0, 0.05) is 74.4 Å². The average Bonchev–Trinajstić information content (AvgIpc) is 0.760. The lowest BCUT2D eigenvalue weighted by atomic mass is 9.91. The molecular weight excluding hydrogens is 1590 g/mol. The van der Waals surface area contributed by atoms with Crippen LogP contribution in [0.2, 0.25) is 0 Å². The number of likely N-dealkylation sites (N-methyl/N-ethyl adjacent to an activating group) is 7. The van der Waals surface area contributed by atoms with Crippen molar-refractivity contribution in [2.24, 2.45) is 41.4 Å². The molecule has 29 heteroatoms. The minimum atomic E-state index is -2.24. The average molecular weight is 1740 g/mol. The van der Waals surface area contributed by atoms with Crippen LogP contribution in [0.15, 0.2) is 127 Å². The quantitative estimate of drug-likeness (QED) is 0.0149. The molecule has 4 aromatic rings. The van der Waals surface area contributed by atoms with Crippen LogP contribution in [-0.2, 0) is 63.9 Å². The summed E-state index contributed by atoms with van der Waals surface area (Å²) in [6.45, 7) is 30.7. The van der Waals surface area contributed by atoms with Crippen molar-refractivity contribution in [3.8, 4) is 0 Å². The van der Waals surface area contributed by atoms with E-state index in [0.29, 0.717) is 11.7 Å². The Balaban J connectivity index is 1.55. The normalized spacial score (nSPS) is 23.3. The van der Waals surface area contributed by atoms with Gasteiger partial charge in [-0.3, -0.25) is 62.9 Å². The number of rotatable bonds is 30. The number of allylic oxidation sites excluding steroid dienone is 2. The van der Waals surface area contributed by atoms with Gasteiger partial charge in [0.1, 0.15) is 83.8 Å². The summed E-state index contributed by atoms with van der Waals surface area (Å²) < 4.78 is 5.88. The van der Waals surface area contributed by atoms with E-state index in [-0.39, 0.29) is 113 Å². The number of nitrogens with zero attached hydrogens (tertiary/aromatic N) is 7. The predicted octanol–water partition coefficient (Wildman–Crippen LogP) is 6.92. The second-order valence-electron chi connectivity index (χ2n) is 35.9. The summed E-state index contributed by atoms with van der Waals surface area (Å²) >= 11 is 0. The summed E-state index contributed by atoms with van der Waals surface area (Å²) in [4.78, 5) is 189. The number of hydrogen-bond donors (Lipinski definition) is 8. The van der Waals surface area contributed by atoms with E-state index in [4.69, 9.17) is 4.74 Å². The third-order valence-electron chi connectivity index (χ3n) is 23.6. The number of benzene rings is 4. The Morgan fingerprint density at radius 1 is 0.484 bits per heavy atom. The van der Waals surface area contributed by atoms with Crippen molar-refractivity contribution in [3.63, 3.8) is 0 Å². The molecule has 124 heavy (non-hydrogen) atoms. The van der Waals surface area contributed by atoms with E-state index in [1.54, 1.807) is 84.9 Å². The molecule has 1 saturated heterocycles. The largest absolute Gasteiger partial charge is 0.390 e. The predicted molar refractivity (Wildman–Crippen MR) is 489 cm³/mol. The SMILES string of the molecule is C/C=C/C[C@@H](C)[C@@H](O)[C@H]1C(=O)N[C@@H](CC)C(=O)N(C)C(Cc2ccc(C(=O)NCCOCCNC(=O)CC[P+](c3ccccc3)(c3ccccc3)c3ccccc3)cc2)C(=O)N(C)[C@@H](CC(C)C)C(=O)N[C@@H](C(C)C)C(=O)N(C)[C@@H](CC(C)C)C(O)N[C@@H](C)C(=O)N[C@H](C)C(=O)N(C)[C@@H](CC(C)C)C(=O)N(C)[C@@H](CC(C)C)C(=O)N(C)[C@@H](C(C)C)C(=O)N1C. The van der Waals surface area contributed by atoms with Gasteiger partial charge in [-0.05, 0) is 155 Å². The molecule has 1 heterocycles. The Hall–Kier alpha value is -9.47. The number of aliphatic hydroxyl groups is 2. The topological polar surface area (TPSA) is 349 Å². The first-order chi connectivity index (χ1) is 58.4. The molecule has 4 aromatic carbocycles. The van der Waals surface area contributed by atoms with Crippen LogP contribution in [-0.4, -0.2) is 276 Å². The van der Waals surface area contributed by atoms with Gasteiger partial charge in [0.15, 0.2) is 0 Å². The minimum absolute atomic E-state index is 0.0594. The maximum atomic E-state index is 15.9. The van der Waals surface area contributed by atoms with E-state index in [9.17, 15) is 29.4 Å². The molecule has 28 nitrogen and oxygen atoms in total. The lowest BCUT2D eigenvalue weighted by Gasteiger charge is -2.41. The first kappa shape index (κ1) is 105. The van der Waals surface area contributed by atoms with Gasteiger partial charge in [-0.15, -0.1) is 0 Å². The third-order valence-corrected chi connectivity index (χ3v) is 28.0. The van der Waals surface area contributed by atoms with Crippen LogP contribution in [0.25, 0.3) is 0 Å². The van der Waals surface area contributed by atoms with Gasteiger partial charge in [-0.25, -0.2) is 0 Å². The third kappa shape index (κ3) is 28.8. The van der Waals surface area contributed by atoms with Crippen LogP contribution in [0.5, 0.6) is 0 Å². The molecule has 1 fully saturated rings. The van der Waals surface area contributed by atoms with Crippen LogP contribution in [0.4, 0.5) is 0 Å². The Morgan fingerprint density at radius 2 is 0.935 bits per heavy atom. The highest BCUT2D eigenvalue weighted by Crippen LogP contribution is 2.55. The molecule has 0 saturated carbocycles. The van der Waals surface area contributed by atoms with Crippen LogP contribution in [0.1, 0.15) is 179 Å². The molecule has 5 rings (SSSR count). The molecule has 14 atom stereocenters. The molecule has 0 radical (unpaired) electrons.